The van der Waals surface area contributed by atoms with Crippen molar-refractivity contribution in [2.75, 3.05) is 0 Å². The molecule has 0 aliphatic heterocycles. The molecule has 21 heavy (non-hydrogen) atoms. The Balaban J connectivity index is 2.28. The van der Waals surface area contributed by atoms with Gasteiger partial charge in [-0.25, -0.2) is 8.78 Å². The van der Waals surface area contributed by atoms with E-state index in [1.165, 1.54) is 30.5 Å². The molecule has 5 heteroatoms. The molecule has 0 bridgehead atoms. The molecule has 0 fully saturated rings. The van der Waals surface area contributed by atoms with Crippen LogP contribution in [-0.4, -0.2) is 11.0 Å². The Bertz CT molecular complexity index is 600. The van der Waals surface area contributed by atoms with Gasteiger partial charge in [-0.1, -0.05) is 25.4 Å². The molecule has 1 aromatic carbocycles. The van der Waals surface area contributed by atoms with Crippen molar-refractivity contribution in [2.45, 2.75) is 32.4 Å². The van der Waals surface area contributed by atoms with E-state index in [-0.39, 0.29) is 23.7 Å². The van der Waals surface area contributed by atoms with Crippen molar-refractivity contribution < 1.29 is 8.78 Å². The normalized spacial score (nSPS) is 12.7. The summed E-state index contributed by atoms with van der Waals surface area (Å²) in [4.78, 5) is 4.11. The van der Waals surface area contributed by atoms with Crippen LogP contribution >= 0.6 is 11.6 Å². The van der Waals surface area contributed by atoms with E-state index in [0.717, 1.165) is 0 Å². The largest absolute Gasteiger partial charge is 0.306 e. The van der Waals surface area contributed by atoms with Crippen LogP contribution in [0.4, 0.5) is 8.78 Å². The number of hydrogen-bond donors (Lipinski definition) is 1. The fraction of sp³-hybridized carbons (Fsp3) is 0.312. The Morgan fingerprint density at radius 2 is 1.86 bits per heavy atom. The second-order valence-electron chi connectivity index (χ2n) is 5.22. The Labute approximate surface area is 128 Å². The summed E-state index contributed by atoms with van der Waals surface area (Å²) in [5.41, 5.74) is 1.39. The lowest BCUT2D eigenvalue weighted by molar-refractivity contribution is 0.463. The SMILES string of the molecule is CC(C)NC(Cc1cc(F)ccc1Cl)c1ccc(F)cn1. The van der Waals surface area contributed by atoms with E-state index in [2.05, 4.69) is 10.3 Å². The zero-order chi connectivity index (χ0) is 15.4. The van der Waals surface area contributed by atoms with Crippen LogP contribution in [0.15, 0.2) is 36.5 Å². The third-order valence-electron chi connectivity index (χ3n) is 3.07. The molecule has 1 unspecified atom stereocenters. The van der Waals surface area contributed by atoms with Gasteiger partial charge in [0.15, 0.2) is 0 Å². The summed E-state index contributed by atoms with van der Waals surface area (Å²) in [7, 11) is 0. The van der Waals surface area contributed by atoms with E-state index in [0.29, 0.717) is 22.7 Å². The zero-order valence-corrected chi connectivity index (χ0v) is 12.7. The highest BCUT2D eigenvalue weighted by atomic mass is 35.5. The second-order valence-corrected chi connectivity index (χ2v) is 5.62. The van der Waals surface area contributed by atoms with Gasteiger partial charge >= 0.3 is 0 Å². The average Bonchev–Trinajstić information content (AvgIpc) is 2.42. The highest BCUT2D eigenvalue weighted by Crippen LogP contribution is 2.24. The van der Waals surface area contributed by atoms with E-state index in [4.69, 9.17) is 11.6 Å². The lowest BCUT2D eigenvalue weighted by Crippen LogP contribution is -2.30. The van der Waals surface area contributed by atoms with Crippen LogP contribution in [0, 0.1) is 11.6 Å². The summed E-state index contributed by atoms with van der Waals surface area (Å²) in [5, 5.41) is 3.85. The van der Waals surface area contributed by atoms with Crippen molar-refractivity contribution >= 4 is 11.6 Å². The molecule has 0 saturated heterocycles. The van der Waals surface area contributed by atoms with E-state index in [9.17, 15) is 8.78 Å². The number of nitrogens with one attached hydrogen (secondary N) is 1. The summed E-state index contributed by atoms with van der Waals surface area (Å²) >= 11 is 6.11. The maximum atomic E-state index is 13.4. The van der Waals surface area contributed by atoms with Gasteiger partial charge in [-0.3, -0.25) is 4.98 Å². The topological polar surface area (TPSA) is 24.9 Å². The number of pyridine rings is 1. The number of benzene rings is 1. The molecule has 0 aliphatic carbocycles. The van der Waals surface area contributed by atoms with Crippen LogP contribution in [-0.2, 0) is 6.42 Å². The van der Waals surface area contributed by atoms with E-state index in [1.54, 1.807) is 6.07 Å². The Morgan fingerprint density at radius 3 is 2.48 bits per heavy atom. The molecule has 1 aromatic heterocycles. The minimum absolute atomic E-state index is 0.162. The molecule has 2 aromatic rings. The number of rotatable bonds is 5. The summed E-state index contributed by atoms with van der Waals surface area (Å²) in [5.74, 6) is -0.712. The standard InChI is InChI=1S/C16H17ClF2N2/c1-10(2)21-16(15-6-4-13(19)9-20-15)8-11-7-12(18)3-5-14(11)17/h3-7,9-10,16,21H,8H2,1-2H3. The molecule has 1 N–H and O–H groups in total. The van der Waals surface area contributed by atoms with Crippen molar-refractivity contribution in [3.63, 3.8) is 0 Å². The van der Waals surface area contributed by atoms with E-state index >= 15 is 0 Å². The van der Waals surface area contributed by atoms with E-state index < -0.39 is 0 Å². The molecular formula is C16H17ClF2N2. The van der Waals surface area contributed by atoms with Gasteiger partial charge in [0.2, 0.25) is 0 Å². The molecule has 0 radical (unpaired) electrons. The van der Waals surface area contributed by atoms with Crippen molar-refractivity contribution in [3.8, 4) is 0 Å². The van der Waals surface area contributed by atoms with Gasteiger partial charge in [0.25, 0.3) is 0 Å². The van der Waals surface area contributed by atoms with Crippen LogP contribution in [0.2, 0.25) is 5.02 Å². The lowest BCUT2D eigenvalue weighted by atomic mass is 10.0. The monoisotopic (exact) mass is 310 g/mol. The van der Waals surface area contributed by atoms with Crippen LogP contribution in [0.25, 0.3) is 0 Å². The van der Waals surface area contributed by atoms with Gasteiger partial charge in [0.05, 0.1) is 17.9 Å². The number of aromatic nitrogens is 1. The minimum atomic E-state index is -0.383. The van der Waals surface area contributed by atoms with Crippen molar-refractivity contribution in [2.24, 2.45) is 0 Å². The first-order valence-electron chi connectivity index (χ1n) is 6.77. The maximum absolute atomic E-state index is 13.4. The first-order valence-corrected chi connectivity index (χ1v) is 7.15. The third-order valence-corrected chi connectivity index (χ3v) is 3.44. The fourth-order valence-electron chi connectivity index (χ4n) is 2.16. The van der Waals surface area contributed by atoms with Crippen LogP contribution < -0.4 is 5.32 Å². The zero-order valence-electron chi connectivity index (χ0n) is 11.9. The Hall–Kier alpha value is -1.52. The van der Waals surface area contributed by atoms with Crippen molar-refractivity contribution in [1.29, 1.82) is 0 Å². The van der Waals surface area contributed by atoms with Crippen LogP contribution in [0.3, 0.4) is 0 Å². The molecular weight excluding hydrogens is 294 g/mol. The highest BCUT2D eigenvalue weighted by Gasteiger charge is 2.17. The summed E-state index contributed by atoms with van der Waals surface area (Å²) in [6.45, 7) is 4.01. The van der Waals surface area contributed by atoms with Crippen molar-refractivity contribution in [3.05, 3.63) is 64.4 Å². The molecule has 0 aliphatic rings. The van der Waals surface area contributed by atoms with Gasteiger partial charge in [-0.05, 0) is 42.3 Å². The molecule has 1 heterocycles. The predicted molar refractivity (Wildman–Crippen MR) is 80.3 cm³/mol. The smallest absolute Gasteiger partial charge is 0.141 e. The van der Waals surface area contributed by atoms with Crippen LogP contribution in [0.5, 0.6) is 0 Å². The minimum Gasteiger partial charge on any atom is -0.306 e. The van der Waals surface area contributed by atoms with E-state index in [1.807, 2.05) is 13.8 Å². The van der Waals surface area contributed by atoms with Gasteiger partial charge in [0, 0.05) is 11.1 Å². The van der Waals surface area contributed by atoms with Crippen molar-refractivity contribution in [1.82, 2.24) is 10.3 Å². The first-order chi connectivity index (χ1) is 9.95. The van der Waals surface area contributed by atoms with Gasteiger partial charge in [0.1, 0.15) is 11.6 Å². The van der Waals surface area contributed by atoms with Gasteiger partial charge < -0.3 is 5.32 Å². The first kappa shape index (κ1) is 15.9. The maximum Gasteiger partial charge on any atom is 0.141 e. The summed E-state index contributed by atoms with van der Waals surface area (Å²) in [6.07, 6.45) is 1.66. The lowest BCUT2D eigenvalue weighted by Gasteiger charge is -2.21. The molecule has 0 saturated carbocycles. The third kappa shape index (κ3) is 4.48. The fourth-order valence-corrected chi connectivity index (χ4v) is 2.36. The number of halogens is 3. The molecule has 0 spiro atoms. The summed E-state index contributed by atoms with van der Waals surface area (Å²) in [6, 6.07) is 7.32. The highest BCUT2D eigenvalue weighted by molar-refractivity contribution is 6.31. The molecule has 1 atom stereocenters. The predicted octanol–water partition coefficient (Wildman–Crippen LogP) is 4.30. The molecule has 0 amide bonds. The molecule has 2 rings (SSSR count). The van der Waals surface area contributed by atoms with Gasteiger partial charge in [-0.15, -0.1) is 0 Å². The summed E-state index contributed by atoms with van der Waals surface area (Å²) < 4.78 is 26.4. The average molecular weight is 311 g/mol. The van der Waals surface area contributed by atoms with Crippen LogP contribution in [0.1, 0.15) is 31.1 Å². The number of hydrogen-bond acceptors (Lipinski definition) is 2. The molecule has 112 valence electrons. The Kier molecular flexibility index (Phi) is 5.26. The molecule has 2 nitrogen and oxygen atoms in total. The quantitative estimate of drug-likeness (QED) is 0.891. The number of nitrogens with zero attached hydrogens (tertiary/aromatic N) is 1. The Morgan fingerprint density at radius 1 is 1.14 bits per heavy atom. The van der Waals surface area contributed by atoms with Gasteiger partial charge in [-0.2, -0.15) is 0 Å². The second kappa shape index (κ2) is 6.96.